The number of allylic oxidation sites excluding steroid dienone is 4. The van der Waals surface area contributed by atoms with Gasteiger partial charge in [0.05, 0.1) is 0 Å². The van der Waals surface area contributed by atoms with Crippen molar-refractivity contribution in [3.63, 3.8) is 0 Å². The van der Waals surface area contributed by atoms with Crippen molar-refractivity contribution in [1.82, 2.24) is 0 Å². The Morgan fingerprint density at radius 3 is 1.95 bits per heavy atom. The molecule has 0 bridgehead atoms. The Morgan fingerprint density at radius 1 is 0.950 bits per heavy atom. The molecule has 20 heavy (non-hydrogen) atoms. The van der Waals surface area contributed by atoms with E-state index in [0.717, 1.165) is 0 Å². The number of fused-ring (bicyclic) bond motifs is 1. The Balaban J connectivity index is 0.000000829. The van der Waals surface area contributed by atoms with E-state index in [2.05, 4.69) is 52.1 Å². The molecule has 0 atom stereocenters. The third-order valence-electron chi connectivity index (χ3n) is 3.51. The zero-order valence-electron chi connectivity index (χ0n) is 14.3. The summed E-state index contributed by atoms with van der Waals surface area (Å²) in [5, 5.41) is 0. The lowest BCUT2D eigenvalue weighted by atomic mass is 9.81. The Kier molecular flexibility index (Phi) is 7.28. The second-order valence-corrected chi connectivity index (χ2v) is 4.91. The van der Waals surface area contributed by atoms with E-state index in [4.69, 9.17) is 0 Å². The Labute approximate surface area is 125 Å². The predicted octanol–water partition coefficient (Wildman–Crippen LogP) is 6.46. The normalized spacial score (nSPS) is 14.3. The maximum Gasteiger partial charge on any atom is 0.0158 e. The topological polar surface area (TPSA) is 0 Å². The highest BCUT2D eigenvalue weighted by Crippen LogP contribution is 2.47. The Hall–Kier alpha value is -1.56. The van der Waals surface area contributed by atoms with Gasteiger partial charge in [0, 0.05) is 5.41 Å². The van der Waals surface area contributed by atoms with Gasteiger partial charge in [0.15, 0.2) is 0 Å². The van der Waals surface area contributed by atoms with E-state index in [0.29, 0.717) is 0 Å². The first kappa shape index (κ1) is 18.4. The van der Waals surface area contributed by atoms with Gasteiger partial charge in [-0.3, -0.25) is 0 Å². The minimum atomic E-state index is 0.0482. The van der Waals surface area contributed by atoms with Crippen LogP contribution in [-0.4, -0.2) is 0 Å². The van der Waals surface area contributed by atoms with Crippen LogP contribution in [0.2, 0.25) is 0 Å². The largest absolute Gasteiger partial charge is 0.0987 e. The van der Waals surface area contributed by atoms with Crippen molar-refractivity contribution < 1.29 is 0 Å². The van der Waals surface area contributed by atoms with Crippen molar-refractivity contribution in [1.29, 1.82) is 0 Å². The van der Waals surface area contributed by atoms with Gasteiger partial charge in [-0.15, -0.1) is 0 Å². The molecule has 0 heterocycles. The minimum Gasteiger partial charge on any atom is -0.0987 e. The monoisotopic (exact) mass is 270 g/mol. The molecule has 0 heteroatoms. The van der Waals surface area contributed by atoms with Crippen molar-refractivity contribution in [3.05, 3.63) is 65.8 Å². The van der Waals surface area contributed by atoms with Crippen molar-refractivity contribution in [2.75, 3.05) is 0 Å². The first-order valence-electron chi connectivity index (χ1n) is 7.63. The van der Waals surface area contributed by atoms with Gasteiger partial charge in [0.2, 0.25) is 0 Å². The molecule has 0 nitrogen and oxygen atoms in total. The van der Waals surface area contributed by atoms with Crippen LogP contribution in [0.4, 0.5) is 0 Å². The van der Waals surface area contributed by atoms with Gasteiger partial charge in [-0.25, -0.2) is 0 Å². The van der Waals surface area contributed by atoms with E-state index in [9.17, 15) is 0 Å². The lowest BCUT2D eigenvalue weighted by Gasteiger charge is -2.22. The van der Waals surface area contributed by atoms with E-state index < -0.39 is 0 Å². The molecule has 0 aromatic heterocycles. The molecule has 1 aromatic carbocycles. The molecule has 1 aliphatic rings. The van der Waals surface area contributed by atoms with Gasteiger partial charge < -0.3 is 0 Å². The molecule has 0 spiro atoms. The summed E-state index contributed by atoms with van der Waals surface area (Å²) < 4.78 is 0. The molecular weight excluding hydrogens is 240 g/mol. The molecule has 0 amide bonds. The maximum absolute atomic E-state index is 3.94. The molecule has 0 saturated heterocycles. The van der Waals surface area contributed by atoms with Crippen molar-refractivity contribution >= 4 is 5.57 Å². The number of aryl methyl sites for hydroxylation is 1. The van der Waals surface area contributed by atoms with Crippen molar-refractivity contribution in [3.8, 4) is 0 Å². The summed E-state index contributed by atoms with van der Waals surface area (Å²) in [6.07, 6.45) is 3.91. The number of benzene rings is 1. The van der Waals surface area contributed by atoms with Gasteiger partial charge in [-0.2, -0.15) is 0 Å². The highest BCUT2D eigenvalue weighted by molar-refractivity contribution is 5.87. The SMILES string of the molecule is C=CC1=C(C=C)C(C)(C)c2cc(C)ccc21.CC.CC. The molecule has 0 unspecified atom stereocenters. The summed E-state index contributed by atoms with van der Waals surface area (Å²) in [6.45, 7) is 22.5. The van der Waals surface area contributed by atoms with E-state index in [1.54, 1.807) is 0 Å². The standard InChI is InChI=1S/C16H18.2C2H6/c1-6-12-13-9-8-11(3)10-15(13)16(4,5)14(12)7-2;2*1-2/h6-10H,1-2H2,3-5H3;2*1-2H3. The second kappa shape index (κ2) is 7.89. The average Bonchev–Trinajstić information content (AvgIpc) is 2.70. The van der Waals surface area contributed by atoms with Crippen LogP contribution < -0.4 is 0 Å². The molecule has 0 fully saturated rings. The summed E-state index contributed by atoms with van der Waals surface area (Å²) in [6, 6.07) is 6.62. The van der Waals surface area contributed by atoms with Gasteiger partial charge in [0.25, 0.3) is 0 Å². The molecule has 2 rings (SSSR count). The van der Waals surface area contributed by atoms with E-state index in [1.165, 1.54) is 27.8 Å². The predicted molar refractivity (Wildman–Crippen MR) is 94.2 cm³/mol. The smallest absolute Gasteiger partial charge is 0.0158 e. The third-order valence-corrected chi connectivity index (χ3v) is 3.51. The van der Waals surface area contributed by atoms with Gasteiger partial charge in [-0.05, 0) is 29.2 Å². The molecule has 0 radical (unpaired) electrons. The summed E-state index contributed by atoms with van der Waals surface area (Å²) in [4.78, 5) is 0. The third kappa shape index (κ3) is 3.12. The minimum absolute atomic E-state index is 0.0482. The van der Waals surface area contributed by atoms with E-state index in [-0.39, 0.29) is 5.41 Å². The Bertz CT molecular complexity index is 499. The number of hydrogen-bond donors (Lipinski definition) is 0. The highest BCUT2D eigenvalue weighted by Gasteiger charge is 2.34. The molecule has 110 valence electrons. The van der Waals surface area contributed by atoms with Gasteiger partial charge in [-0.1, -0.05) is 90.6 Å². The first-order chi connectivity index (χ1) is 9.52. The van der Waals surface area contributed by atoms with Crippen molar-refractivity contribution in [2.45, 2.75) is 53.9 Å². The molecular formula is C20H30. The fraction of sp³-hybridized carbons (Fsp3) is 0.400. The maximum atomic E-state index is 3.94. The summed E-state index contributed by atoms with van der Waals surface area (Å²) >= 11 is 0. The first-order valence-corrected chi connectivity index (χ1v) is 7.63. The molecule has 1 aromatic rings. The van der Waals surface area contributed by atoms with E-state index >= 15 is 0 Å². The molecule has 1 aliphatic carbocycles. The zero-order valence-corrected chi connectivity index (χ0v) is 14.3. The number of rotatable bonds is 2. The molecule has 0 aliphatic heterocycles. The zero-order chi connectivity index (χ0) is 15.9. The number of hydrogen-bond acceptors (Lipinski definition) is 0. The summed E-state index contributed by atoms with van der Waals surface area (Å²) in [5.74, 6) is 0. The summed E-state index contributed by atoms with van der Waals surface area (Å²) in [5.41, 5.74) is 6.56. The van der Waals surface area contributed by atoms with Crippen LogP contribution in [-0.2, 0) is 5.41 Å². The van der Waals surface area contributed by atoms with Crippen LogP contribution in [0.25, 0.3) is 5.57 Å². The van der Waals surface area contributed by atoms with Crippen LogP contribution in [0.3, 0.4) is 0 Å². The lowest BCUT2D eigenvalue weighted by molar-refractivity contribution is 0.654. The highest BCUT2D eigenvalue weighted by atomic mass is 14.4. The van der Waals surface area contributed by atoms with Gasteiger partial charge >= 0.3 is 0 Å². The van der Waals surface area contributed by atoms with Crippen molar-refractivity contribution in [2.24, 2.45) is 0 Å². The summed E-state index contributed by atoms with van der Waals surface area (Å²) in [7, 11) is 0. The quantitative estimate of drug-likeness (QED) is 0.578. The van der Waals surface area contributed by atoms with Crippen LogP contribution in [0.1, 0.15) is 58.2 Å². The fourth-order valence-electron chi connectivity index (χ4n) is 2.62. The molecule has 0 saturated carbocycles. The Morgan fingerprint density at radius 2 is 1.50 bits per heavy atom. The van der Waals surface area contributed by atoms with Gasteiger partial charge in [0.1, 0.15) is 0 Å². The van der Waals surface area contributed by atoms with Crippen LogP contribution in [0.5, 0.6) is 0 Å². The van der Waals surface area contributed by atoms with Crippen LogP contribution in [0, 0.1) is 6.92 Å². The van der Waals surface area contributed by atoms with Crippen LogP contribution in [0.15, 0.2) is 49.1 Å². The fourth-order valence-corrected chi connectivity index (χ4v) is 2.62. The average molecular weight is 270 g/mol. The second-order valence-electron chi connectivity index (χ2n) is 4.91. The lowest BCUT2D eigenvalue weighted by Crippen LogP contribution is -2.16. The molecule has 0 N–H and O–H groups in total. The van der Waals surface area contributed by atoms with E-state index in [1.807, 2.05) is 39.8 Å². The van der Waals surface area contributed by atoms with Crippen LogP contribution >= 0.6 is 0 Å².